The van der Waals surface area contributed by atoms with Crippen LogP contribution in [0.1, 0.15) is 12.0 Å². The van der Waals surface area contributed by atoms with E-state index < -0.39 is 0 Å². The van der Waals surface area contributed by atoms with Crippen molar-refractivity contribution in [3.63, 3.8) is 0 Å². The molecule has 0 aliphatic carbocycles. The molecule has 3 nitrogen and oxygen atoms in total. The SMILES string of the molecule is O=C1CCN(CCc2ccccc2)CCN1CCSc1ccc(Br)cc1. The van der Waals surface area contributed by atoms with Crippen LogP contribution >= 0.6 is 27.7 Å². The van der Waals surface area contributed by atoms with Crippen LogP contribution in [0.5, 0.6) is 0 Å². The fourth-order valence-corrected chi connectivity index (χ4v) is 4.25. The molecular formula is C21H25BrN2OS. The van der Waals surface area contributed by atoms with Gasteiger partial charge in [0.15, 0.2) is 0 Å². The number of amides is 1. The Morgan fingerprint density at radius 2 is 1.69 bits per heavy atom. The molecule has 1 aliphatic rings. The van der Waals surface area contributed by atoms with Gasteiger partial charge >= 0.3 is 0 Å². The van der Waals surface area contributed by atoms with Gasteiger partial charge in [0, 0.05) is 54.3 Å². The first-order chi connectivity index (χ1) is 12.7. The van der Waals surface area contributed by atoms with Gasteiger partial charge in [0.05, 0.1) is 0 Å². The monoisotopic (exact) mass is 432 g/mol. The predicted molar refractivity (Wildman–Crippen MR) is 113 cm³/mol. The molecule has 1 amide bonds. The van der Waals surface area contributed by atoms with Crippen molar-refractivity contribution < 1.29 is 4.79 Å². The molecule has 0 N–H and O–H groups in total. The normalized spacial score (nSPS) is 15.9. The molecule has 1 fully saturated rings. The lowest BCUT2D eigenvalue weighted by molar-refractivity contribution is -0.130. The van der Waals surface area contributed by atoms with Gasteiger partial charge < -0.3 is 9.80 Å². The molecule has 0 spiro atoms. The fraction of sp³-hybridized carbons (Fsp3) is 0.381. The van der Waals surface area contributed by atoms with Crippen molar-refractivity contribution in [3.8, 4) is 0 Å². The number of carbonyl (C=O) groups excluding carboxylic acids is 1. The molecule has 138 valence electrons. The number of hydrogen-bond donors (Lipinski definition) is 0. The van der Waals surface area contributed by atoms with Crippen LogP contribution < -0.4 is 0 Å². The highest BCUT2D eigenvalue weighted by atomic mass is 79.9. The summed E-state index contributed by atoms with van der Waals surface area (Å²) in [4.78, 5) is 18.1. The topological polar surface area (TPSA) is 23.6 Å². The quantitative estimate of drug-likeness (QED) is 0.608. The number of nitrogens with zero attached hydrogens (tertiary/aromatic N) is 2. The van der Waals surface area contributed by atoms with E-state index in [-0.39, 0.29) is 0 Å². The van der Waals surface area contributed by atoms with E-state index in [1.807, 2.05) is 16.7 Å². The van der Waals surface area contributed by atoms with Gasteiger partial charge in [-0.2, -0.15) is 0 Å². The summed E-state index contributed by atoms with van der Waals surface area (Å²) in [7, 11) is 0. The van der Waals surface area contributed by atoms with Gasteiger partial charge in [-0.15, -0.1) is 11.8 Å². The third kappa shape index (κ3) is 6.15. The molecule has 2 aromatic carbocycles. The number of carbonyl (C=O) groups is 1. The van der Waals surface area contributed by atoms with Crippen LogP contribution in [-0.2, 0) is 11.2 Å². The summed E-state index contributed by atoms with van der Waals surface area (Å²) in [5.74, 6) is 1.24. The smallest absolute Gasteiger partial charge is 0.223 e. The molecule has 2 aromatic rings. The van der Waals surface area contributed by atoms with Crippen molar-refractivity contribution in [3.05, 3.63) is 64.6 Å². The first-order valence-corrected chi connectivity index (χ1v) is 10.9. The molecule has 1 aliphatic heterocycles. The summed E-state index contributed by atoms with van der Waals surface area (Å²) in [5.41, 5.74) is 1.37. The summed E-state index contributed by atoms with van der Waals surface area (Å²) >= 11 is 5.27. The van der Waals surface area contributed by atoms with Gasteiger partial charge in [-0.1, -0.05) is 46.3 Å². The average molecular weight is 433 g/mol. The van der Waals surface area contributed by atoms with Crippen LogP contribution in [0.25, 0.3) is 0 Å². The van der Waals surface area contributed by atoms with Crippen molar-refractivity contribution in [1.29, 1.82) is 0 Å². The van der Waals surface area contributed by atoms with Crippen molar-refractivity contribution in [2.75, 3.05) is 38.5 Å². The molecule has 5 heteroatoms. The predicted octanol–water partition coefficient (Wildman–Crippen LogP) is 4.32. The highest BCUT2D eigenvalue weighted by molar-refractivity contribution is 9.10. The van der Waals surface area contributed by atoms with Gasteiger partial charge in [0.25, 0.3) is 0 Å². The summed E-state index contributed by atoms with van der Waals surface area (Å²) in [6.45, 7) is 4.54. The molecule has 0 aromatic heterocycles. The highest BCUT2D eigenvalue weighted by Gasteiger charge is 2.20. The lowest BCUT2D eigenvalue weighted by atomic mass is 10.1. The van der Waals surface area contributed by atoms with Crippen LogP contribution in [0.3, 0.4) is 0 Å². The van der Waals surface area contributed by atoms with Crippen LogP contribution in [-0.4, -0.2) is 54.2 Å². The maximum atomic E-state index is 12.4. The van der Waals surface area contributed by atoms with Crippen molar-refractivity contribution in [1.82, 2.24) is 9.80 Å². The average Bonchev–Trinajstić information content (AvgIpc) is 2.84. The molecule has 0 bridgehead atoms. The fourth-order valence-electron chi connectivity index (χ4n) is 3.11. The van der Waals surface area contributed by atoms with Crippen molar-refractivity contribution in [2.45, 2.75) is 17.7 Å². The van der Waals surface area contributed by atoms with Gasteiger partial charge in [0.1, 0.15) is 0 Å². The van der Waals surface area contributed by atoms with E-state index in [4.69, 9.17) is 0 Å². The Kier molecular flexibility index (Phi) is 7.59. The maximum absolute atomic E-state index is 12.4. The maximum Gasteiger partial charge on any atom is 0.223 e. The van der Waals surface area contributed by atoms with Gasteiger partial charge in [-0.05, 0) is 36.2 Å². The summed E-state index contributed by atoms with van der Waals surface area (Å²) in [5, 5.41) is 0. The Bertz CT molecular complexity index is 693. The van der Waals surface area contributed by atoms with Crippen molar-refractivity contribution >= 4 is 33.6 Å². The molecule has 0 saturated carbocycles. The standard InChI is InChI=1S/C21H25BrN2OS/c22-19-6-8-20(9-7-19)26-17-16-24-15-14-23(13-11-21(24)25)12-10-18-4-2-1-3-5-18/h1-9H,10-17H2. The first kappa shape index (κ1) is 19.5. The molecule has 1 saturated heterocycles. The van der Waals surface area contributed by atoms with E-state index >= 15 is 0 Å². The first-order valence-electron chi connectivity index (χ1n) is 9.13. The van der Waals surface area contributed by atoms with Gasteiger partial charge in [-0.25, -0.2) is 0 Å². The zero-order valence-corrected chi connectivity index (χ0v) is 17.3. The second kappa shape index (κ2) is 10.1. The van der Waals surface area contributed by atoms with E-state index in [2.05, 4.69) is 75.4 Å². The summed E-state index contributed by atoms with van der Waals surface area (Å²) in [6.07, 6.45) is 1.69. The van der Waals surface area contributed by atoms with E-state index in [1.165, 1.54) is 10.5 Å². The minimum Gasteiger partial charge on any atom is -0.341 e. The summed E-state index contributed by atoms with van der Waals surface area (Å²) in [6, 6.07) is 18.9. The van der Waals surface area contributed by atoms with Gasteiger partial charge in [-0.3, -0.25) is 4.79 Å². The number of rotatable bonds is 7. The molecule has 3 rings (SSSR count). The minimum atomic E-state index is 0.295. The van der Waals surface area contributed by atoms with E-state index in [9.17, 15) is 4.79 Å². The molecule has 1 heterocycles. The van der Waals surface area contributed by atoms with Crippen LogP contribution in [0.15, 0.2) is 64.0 Å². The lowest BCUT2D eigenvalue weighted by Crippen LogP contribution is -2.35. The number of benzene rings is 2. The third-order valence-electron chi connectivity index (χ3n) is 4.68. The van der Waals surface area contributed by atoms with Crippen LogP contribution in [0, 0.1) is 0 Å². The second-order valence-electron chi connectivity index (χ2n) is 6.51. The largest absolute Gasteiger partial charge is 0.341 e. The molecule has 0 unspecified atom stereocenters. The van der Waals surface area contributed by atoms with E-state index in [0.29, 0.717) is 12.3 Å². The van der Waals surface area contributed by atoms with Crippen LogP contribution in [0.4, 0.5) is 0 Å². The minimum absolute atomic E-state index is 0.295. The summed E-state index contributed by atoms with van der Waals surface area (Å²) < 4.78 is 1.10. The van der Waals surface area contributed by atoms with E-state index in [0.717, 1.165) is 49.4 Å². The third-order valence-corrected chi connectivity index (χ3v) is 6.20. The zero-order valence-electron chi connectivity index (χ0n) is 14.9. The molecule has 26 heavy (non-hydrogen) atoms. The second-order valence-corrected chi connectivity index (χ2v) is 8.59. The Balaban J connectivity index is 1.42. The Morgan fingerprint density at radius 3 is 2.46 bits per heavy atom. The van der Waals surface area contributed by atoms with Crippen LogP contribution in [0.2, 0.25) is 0 Å². The van der Waals surface area contributed by atoms with Gasteiger partial charge in [0.2, 0.25) is 5.91 Å². The Hall–Kier alpha value is -1.30. The highest BCUT2D eigenvalue weighted by Crippen LogP contribution is 2.21. The molecule has 0 atom stereocenters. The number of halogens is 1. The number of hydrogen-bond acceptors (Lipinski definition) is 3. The Labute approximate surface area is 168 Å². The lowest BCUT2D eigenvalue weighted by Gasteiger charge is -2.22. The number of thioether (sulfide) groups is 1. The zero-order chi connectivity index (χ0) is 18.2. The molecule has 0 radical (unpaired) electrons. The molecular weight excluding hydrogens is 408 g/mol. The Morgan fingerprint density at radius 1 is 0.923 bits per heavy atom. The van der Waals surface area contributed by atoms with E-state index in [1.54, 1.807) is 0 Å². The van der Waals surface area contributed by atoms with Crippen molar-refractivity contribution in [2.24, 2.45) is 0 Å².